The van der Waals surface area contributed by atoms with Crippen molar-refractivity contribution in [2.75, 3.05) is 33.0 Å². The fraction of sp³-hybridized carbons (Fsp3) is 0.316. The minimum atomic E-state index is -0.149. The smallest absolute Gasteiger partial charge is 0.321 e. The second kappa shape index (κ2) is 7.24. The number of nitrogens with one attached hydrogen (secondary N) is 1. The lowest BCUT2D eigenvalue weighted by Crippen LogP contribution is -2.31. The summed E-state index contributed by atoms with van der Waals surface area (Å²) in [6, 6.07) is 11.6. The normalized spacial score (nSPS) is 17.1. The molecule has 1 heterocycles. The number of fused-ring (bicyclic) bond motifs is 1. The van der Waals surface area contributed by atoms with E-state index in [-0.39, 0.29) is 11.9 Å². The highest BCUT2D eigenvalue weighted by Crippen LogP contribution is 2.38. The maximum Gasteiger partial charge on any atom is 0.321 e. The summed E-state index contributed by atoms with van der Waals surface area (Å²) in [5.41, 5.74) is 4.18. The number of nitrogens with zero attached hydrogens (tertiary/aromatic N) is 2. The Morgan fingerprint density at radius 3 is 2.72 bits per heavy atom. The van der Waals surface area contributed by atoms with E-state index < -0.39 is 0 Å². The standard InChI is InChI=1S/C19H21Cl2N3O/c1-23(2)19(25)22-14-6-4-5-12(7-14)16-10-24(3)11-17-15(16)8-13(20)9-18(17)21/h4-9,16H,10-11H2,1-3H3,(H,22,25). The van der Waals surface area contributed by atoms with Gasteiger partial charge in [-0.25, -0.2) is 4.79 Å². The highest BCUT2D eigenvalue weighted by Gasteiger charge is 2.27. The highest BCUT2D eigenvalue weighted by molar-refractivity contribution is 6.35. The van der Waals surface area contributed by atoms with E-state index in [1.54, 1.807) is 20.2 Å². The zero-order chi connectivity index (χ0) is 18.1. The maximum atomic E-state index is 11.9. The van der Waals surface area contributed by atoms with Gasteiger partial charge in [0.15, 0.2) is 0 Å². The van der Waals surface area contributed by atoms with Crippen LogP contribution in [0, 0.1) is 0 Å². The summed E-state index contributed by atoms with van der Waals surface area (Å²) in [6.07, 6.45) is 0. The van der Waals surface area contributed by atoms with Gasteiger partial charge in [-0.3, -0.25) is 0 Å². The van der Waals surface area contributed by atoms with Crippen LogP contribution in [0.15, 0.2) is 36.4 Å². The molecule has 0 aromatic heterocycles. The summed E-state index contributed by atoms with van der Waals surface area (Å²) in [4.78, 5) is 15.7. The number of carbonyl (C=O) groups excluding carboxylic acids is 1. The molecule has 1 aliphatic heterocycles. The van der Waals surface area contributed by atoms with Gasteiger partial charge in [0, 0.05) is 48.8 Å². The summed E-state index contributed by atoms with van der Waals surface area (Å²) in [5.74, 6) is 0.154. The molecule has 0 aliphatic carbocycles. The Bertz CT molecular complexity index is 807. The number of hydrogen-bond acceptors (Lipinski definition) is 2. The van der Waals surface area contributed by atoms with Crippen LogP contribution >= 0.6 is 23.2 Å². The van der Waals surface area contributed by atoms with Gasteiger partial charge in [0.1, 0.15) is 0 Å². The largest absolute Gasteiger partial charge is 0.331 e. The van der Waals surface area contributed by atoms with Gasteiger partial charge in [0.25, 0.3) is 0 Å². The Morgan fingerprint density at radius 1 is 1.24 bits per heavy atom. The Labute approximate surface area is 158 Å². The number of anilines is 1. The van der Waals surface area contributed by atoms with E-state index in [9.17, 15) is 4.79 Å². The SMILES string of the molecule is CN1Cc2c(Cl)cc(Cl)cc2C(c2cccc(NC(=O)N(C)C)c2)C1. The lowest BCUT2D eigenvalue weighted by Gasteiger charge is -2.33. The average molecular weight is 378 g/mol. The summed E-state index contributed by atoms with van der Waals surface area (Å²) < 4.78 is 0. The summed E-state index contributed by atoms with van der Waals surface area (Å²) in [5, 5.41) is 4.25. The molecule has 2 aromatic rings. The molecule has 0 radical (unpaired) electrons. The van der Waals surface area contributed by atoms with E-state index >= 15 is 0 Å². The van der Waals surface area contributed by atoms with Gasteiger partial charge >= 0.3 is 6.03 Å². The molecule has 6 heteroatoms. The first-order chi connectivity index (χ1) is 11.8. The molecule has 1 aliphatic rings. The molecule has 1 atom stereocenters. The van der Waals surface area contributed by atoms with Crippen LogP contribution in [-0.4, -0.2) is 43.5 Å². The van der Waals surface area contributed by atoms with Gasteiger partial charge < -0.3 is 15.1 Å². The van der Waals surface area contributed by atoms with E-state index in [0.29, 0.717) is 10.0 Å². The van der Waals surface area contributed by atoms with Crippen molar-refractivity contribution >= 4 is 34.9 Å². The first-order valence-electron chi connectivity index (χ1n) is 8.10. The van der Waals surface area contributed by atoms with Gasteiger partial charge in [-0.1, -0.05) is 35.3 Å². The minimum absolute atomic E-state index is 0.149. The van der Waals surface area contributed by atoms with E-state index in [1.807, 2.05) is 24.3 Å². The number of benzene rings is 2. The van der Waals surface area contributed by atoms with E-state index in [1.165, 1.54) is 4.90 Å². The molecule has 0 fully saturated rings. The molecule has 4 nitrogen and oxygen atoms in total. The van der Waals surface area contributed by atoms with Crippen LogP contribution in [0.3, 0.4) is 0 Å². The Balaban J connectivity index is 1.99. The average Bonchev–Trinajstić information content (AvgIpc) is 2.55. The quantitative estimate of drug-likeness (QED) is 0.825. The van der Waals surface area contributed by atoms with E-state index in [4.69, 9.17) is 23.2 Å². The Morgan fingerprint density at radius 2 is 2.00 bits per heavy atom. The van der Waals surface area contributed by atoms with Gasteiger partial charge in [0.2, 0.25) is 0 Å². The van der Waals surface area contributed by atoms with Crippen LogP contribution in [0.4, 0.5) is 10.5 Å². The predicted molar refractivity (Wildman–Crippen MR) is 104 cm³/mol. The highest BCUT2D eigenvalue weighted by atomic mass is 35.5. The molecule has 1 unspecified atom stereocenters. The topological polar surface area (TPSA) is 35.6 Å². The fourth-order valence-electron chi connectivity index (χ4n) is 3.20. The van der Waals surface area contributed by atoms with Crippen LogP contribution in [-0.2, 0) is 6.54 Å². The number of likely N-dealkylation sites (N-methyl/N-ethyl adjacent to an activating group) is 1. The van der Waals surface area contributed by atoms with Crippen LogP contribution < -0.4 is 5.32 Å². The van der Waals surface area contributed by atoms with Crippen molar-refractivity contribution in [1.82, 2.24) is 9.80 Å². The summed E-state index contributed by atoms with van der Waals surface area (Å²) >= 11 is 12.7. The van der Waals surface area contributed by atoms with Crippen molar-refractivity contribution in [1.29, 1.82) is 0 Å². The van der Waals surface area contributed by atoms with Crippen LogP contribution in [0.5, 0.6) is 0 Å². The second-order valence-corrected chi connectivity index (χ2v) is 7.50. The maximum absolute atomic E-state index is 11.9. The van der Waals surface area contributed by atoms with Crippen molar-refractivity contribution in [3.8, 4) is 0 Å². The third-order valence-corrected chi connectivity index (χ3v) is 4.99. The summed E-state index contributed by atoms with van der Waals surface area (Å²) in [6.45, 7) is 1.67. The first kappa shape index (κ1) is 18.1. The molecule has 0 saturated carbocycles. The Hall–Kier alpha value is -1.75. The minimum Gasteiger partial charge on any atom is -0.331 e. The zero-order valence-corrected chi connectivity index (χ0v) is 16.0. The van der Waals surface area contributed by atoms with Crippen molar-refractivity contribution in [3.63, 3.8) is 0 Å². The molecule has 3 rings (SSSR count). The molecular weight excluding hydrogens is 357 g/mol. The molecule has 132 valence electrons. The van der Waals surface area contributed by atoms with Crippen LogP contribution in [0.2, 0.25) is 10.0 Å². The molecule has 0 bridgehead atoms. The monoisotopic (exact) mass is 377 g/mol. The lowest BCUT2D eigenvalue weighted by molar-refractivity contribution is 0.230. The molecule has 0 saturated heterocycles. The number of urea groups is 1. The zero-order valence-electron chi connectivity index (χ0n) is 14.5. The van der Waals surface area contributed by atoms with Gasteiger partial charge in [-0.15, -0.1) is 0 Å². The summed E-state index contributed by atoms with van der Waals surface area (Å²) in [7, 11) is 5.52. The van der Waals surface area contributed by atoms with Crippen molar-refractivity contribution < 1.29 is 4.79 Å². The third kappa shape index (κ3) is 3.92. The molecule has 0 spiro atoms. The van der Waals surface area contributed by atoms with Crippen molar-refractivity contribution in [2.24, 2.45) is 0 Å². The fourth-order valence-corrected chi connectivity index (χ4v) is 3.77. The molecule has 2 aromatic carbocycles. The van der Waals surface area contributed by atoms with Gasteiger partial charge in [0.05, 0.1) is 0 Å². The first-order valence-corrected chi connectivity index (χ1v) is 8.85. The number of halogens is 2. The van der Waals surface area contributed by atoms with Crippen molar-refractivity contribution in [3.05, 3.63) is 63.1 Å². The Kier molecular flexibility index (Phi) is 5.23. The lowest BCUT2D eigenvalue weighted by atomic mass is 9.84. The second-order valence-electron chi connectivity index (χ2n) is 6.65. The number of rotatable bonds is 2. The molecular formula is C19H21Cl2N3O. The van der Waals surface area contributed by atoms with E-state index in [2.05, 4.69) is 23.3 Å². The van der Waals surface area contributed by atoms with Crippen molar-refractivity contribution in [2.45, 2.75) is 12.5 Å². The molecule has 25 heavy (non-hydrogen) atoms. The predicted octanol–water partition coefficient (Wildman–Crippen LogP) is 4.66. The molecule has 1 N–H and O–H groups in total. The van der Waals surface area contributed by atoms with E-state index in [0.717, 1.165) is 35.5 Å². The number of carbonyl (C=O) groups is 1. The van der Waals surface area contributed by atoms with Crippen LogP contribution in [0.1, 0.15) is 22.6 Å². The number of hydrogen-bond donors (Lipinski definition) is 1. The van der Waals surface area contributed by atoms with Crippen LogP contribution in [0.25, 0.3) is 0 Å². The van der Waals surface area contributed by atoms with Gasteiger partial charge in [-0.2, -0.15) is 0 Å². The van der Waals surface area contributed by atoms with Gasteiger partial charge in [-0.05, 0) is 48.0 Å². The molecule has 2 amide bonds. The number of amides is 2. The third-order valence-electron chi connectivity index (χ3n) is 4.44.